The normalized spacial score (nSPS) is 12.3. The van der Waals surface area contributed by atoms with E-state index in [0.717, 1.165) is 0 Å². The van der Waals surface area contributed by atoms with E-state index in [-0.39, 0.29) is 19.6 Å². The maximum atomic E-state index is 10.9. The van der Waals surface area contributed by atoms with Gasteiger partial charge in [-0.15, -0.1) is 0 Å². The molecule has 0 aliphatic carbocycles. The first kappa shape index (κ1) is 18.8. The lowest BCUT2D eigenvalue weighted by Gasteiger charge is -2.30. The van der Waals surface area contributed by atoms with E-state index in [2.05, 4.69) is 0 Å². The molecule has 0 aromatic heterocycles. The van der Waals surface area contributed by atoms with Gasteiger partial charge in [0.2, 0.25) is 11.8 Å². The van der Waals surface area contributed by atoms with Crippen LogP contribution in [0.15, 0.2) is 0 Å². The van der Waals surface area contributed by atoms with Crippen molar-refractivity contribution in [3.05, 3.63) is 0 Å². The molecule has 0 aliphatic rings. The molecular formula is C11H20N4O6. The third-order valence-corrected chi connectivity index (χ3v) is 2.58. The fourth-order valence-corrected chi connectivity index (χ4v) is 1.83. The van der Waals surface area contributed by atoms with Crippen molar-refractivity contribution in [3.63, 3.8) is 0 Å². The average molecular weight is 304 g/mol. The van der Waals surface area contributed by atoms with Crippen LogP contribution in [0.5, 0.6) is 0 Å². The lowest BCUT2D eigenvalue weighted by molar-refractivity contribution is -0.141. The minimum Gasteiger partial charge on any atom is -0.480 e. The minimum absolute atomic E-state index is 0.0514. The van der Waals surface area contributed by atoms with Gasteiger partial charge in [-0.05, 0) is 6.92 Å². The highest BCUT2D eigenvalue weighted by Crippen LogP contribution is 2.02. The zero-order valence-electron chi connectivity index (χ0n) is 11.7. The van der Waals surface area contributed by atoms with Gasteiger partial charge in [0.15, 0.2) is 0 Å². The summed E-state index contributed by atoms with van der Waals surface area (Å²) in [7, 11) is 0. The van der Waals surface area contributed by atoms with Crippen molar-refractivity contribution in [2.45, 2.75) is 13.0 Å². The zero-order chi connectivity index (χ0) is 16.6. The third kappa shape index (κ3) is 9.35. The summed E-state index contributed by atoms with van der Waals surface area (Å²) in [6.45, 7) is 0.225. The number of carboxylic acids is 2. The monoisotopic (exact) mass is 304 g/mol. The summed E-state index contributed by atoms with van der Waals surface area (Å²) in [4.78, 5) is 45.9. The van der Waals surface area contributed by atoms with E-state index in [1.54, 1.807) is 6.92 Å². The van der Waals surface area contributed by atoms with E-state index in [0.29, 0.717) is 0 Å². The van der Waals surface area contributed by atoms with Crippen LogP contribution in [-0.4, -0.2) is 82.5 Å². The van der Waals surface area contributed by atoms with Gasteiger partial charge in [0, 0.05) is 12.6 Å². The van der Waals surface area contributed by atoms with Gasteiger partial charge >= 0.3 is 11.9 Å². The molecule has 10 heteroatoms. The van der Waals surface area contributed by atoms with Crippen LogP contribution in [0.4, 0.5) is 0 Å². The smallest absolute Gasteiger partial charge is 0.317 e. The van der Waals surface area contributed by atoms with Crippen LogP contribution in [0.25, 0.3) is 0 Å². The Morgan fingerprint density at radius 2 is 1.38 bits per heavy atom. The van der Waals surface area contributed by atoms with E-state index in [4.69, 9.17) is 21.7 Å². The van der Waals surface area contributed by atoms with Crippen LogP contribution >= 0.6 is 0 Å². The van der Waals surface area contributed by atoms with Crippen LogP contribution in [0.2, 0.25) is 0 Å². The summed E-state index contributed by atoms with van der Waals surface area (Å²) in [5.41, 5.74) is 10.1. The molecule has 21 heavy (non-hydrogen) atoms. The highest BCUT2D eigenvalue weighted by molar-refractivity contribution is 5.78. The second-order valence-corrected chi connectivity index (χ2v) is 4.64. The maximum absolute atomic E-state index is 10.9. The summed E-state index contributed by atoms with van der Waals surface area (Å²) in [6, 6.07) is -0.507. The number of rotatable bonds is 11. The molecular weight excluding hydrogens is 284 g/mol. The van der Waals surface area contributed by atoms with Gasteiger partial charge in [0.05, 0.1) is 26.2 Å². The van der Waals surface area contributed by atoms with Crippen molar-refractivity contribution in [1.29, 1.82) is 0 Å². The van der Waals surface area contributed by atoms with Crippen molar-refractivity contribution in [2.75, 3.05) is 32.7 Å². The van der Waals surface area contributed by atoms with Crippen molar-refractivity contribution in [2.24, 2.45) is 11.5 Å². The maximum Gasteiger partial charge on any atom is 0.317 e. The van der Waals surface area contributed by atoms with Crippen molar-refractivity contribution < 1.29 is 29.4 Å². The first-order valence-corrected chi connectivity index (χ1v) is 6.08. The summed E-state index contributed by atoms with van der Waals surface area (Å²) < 4.78 is 0. The Hall–Kier alpha value is -2.20. The van der Waals surface area contributed by atoms with E-state index in [1.165, 1.54) is 9.80 Å². The molecule has 1 atom stereocenters. The molecule has 0 saturated heterocycles. The van der Waals surface area contributed by atoms with Gasteiger partial charge in [-0.2, -0.15) is 0 Å². The standard InChI is InChI=1S/C11H20N4O6/c1-7(15(4-9(13)17)6-11(20)21)2-14(3-8(12)16)5-10(18)19/h7H,2-6H2,1H3,(H2,12,16)(H2,13,17)(H,18,19)(H,20,21). The molecule has 6 N–H and O–H groups in total. The number of nitrogens with zero attached hydrogens (tertiary/aromatic N) is 2. The van der Waals surface area contributed by atoms with Crippen LogP contribution in [0.1, 0.15) is 6.92 Å². The van der Waals surface area contributed by atoms with E-state index >= 15 is 0 Å². The highest BCUT2D eigenvalue weighted by Gasteiger charge is 2.23. The Bertz CT molecular complexity index is 382. The van der Waals surface area contributed by atoms with Crippen LogP contribution in [0, 0.1) is 0 Å². The number of carbonyl (C=O) groups excluding carboxylic acids is 2. The summed E-state index contributed by atoms with van der Waals surface area (Å²) in [5.74, 6) is -3.71. The van der Waals surface area contributed by atoms with Gasteiger partial charge in [0.25, 0.3) is 0 Å². The largest absolute Gasteiger partial charge is 0.480 e. The van der Waals surface area contributed by atoms with Crippen LogP contribution in [0.3, 0.4) is 0 Å². The Balaban J connectivity index is 4.81. The predicted octanol–water partition coefficient (Wildman–Crippen LogP) is -2.88. The van der Waals surface area contributed by atoms with Gasteiger partial charge in [-0.3, -0.25) is 29.0 Å². The molecule has 0 radical (unpaired) electrons. The Morgan fingerprint density at radius 1 is 0.905 bits per heavy atom. The first-order chi connectivity index (χ1) is 9.61. The number of carbonyl (C=O) groups is 4. The molecule has 0 heterocycles. The summed E-state index contributed by atoms with van der Waals surface area (Å²) >= 11 is 0. The van der Waals surface area contributed by atoms with Crippen molar-refractivity contribution in [1.82, 2.24) is 9.80 Å². The Morgan fingerprint density at radius 3 is 1.76 bits per heavy atom. The molecule has 0 bridgehead atoms. The molecule has 0 aromatic rings. The fourth-order valence-electron chi connectivity index (χ4n) is 1.83. The number of aliphatic carboxylic acids is 2. The molecule has 0 aliphatic heterocycles. The fraction of sp³-hybridized carbons (Fsp3) is 0.636. The zero-order valence-corrected chi connectivity index (χ0v) is 11.7. The molecule has 1 unspecified atom stereocenters. The molecule has 0 aromatic carbocycles. The van der Waals surface area contributed by atoms with Gasteiger partial charge in [0.1, 0.15) is 0 Å². The molecule has 0 spiro atoms. The second kappa shape index (κ2) is 8.87. The number of nitrogens with two attached hydrogens (primary N) is 2. The Kier molecular flexibility index (Phi) is 7.94. The average Bonchev–Trinajstić information content (AvgIpc) is 2.24. The quantitative estimate of drug-likeness (QED) is 0.315. The van der Waals surface area contributed by atoms with Crippen LogP contribution in [-0.2, 0) is 19.2 Å². The first-order valence-electron chi connectivity index (χ1n) is 6.08. The SMILES string of the molecule is CC(CN(CC(N)=O)CC(=O)O)N(CC(N)=O)CC(=O)O. The molecule has 10 nitrogen and oxygen atoms in total. The lowest BCUT2D eigenvalue weighted by atomic mass is 10.2. The predicted molar refractivity (Wildman–Crippen MR) is 71.1 cm³/mol. The van der Waals surface area contributed by atoms with Gasteiger partial charge in [-0.25, -0.2) is 0 Å². The van der Waals surface area contributed by atoms with Gasteiger partial charge in [-0.1, -0.05) is 0 Å². The second-order valence-electron chi connectivity index (χ2n) is 4.64. The summed E-state index contributed by atoms with van der Waals surface area (Å²) in [5, 5.41) is 17.6. The van der Waals surface area contributed by atoms with E-state index in [1.807, 2.05) is 0 Å². The molecule has 2 amide bonds. The lowest BCUT2D eigenvalue weighted by Crippen LogP contribution is -2.50. The van der Waals surface area contributed by atoms with Crippen molar-refractivity contribution in [3.8, 4) is 0 Å². The number of hydrogen-bond acceptors (Lipinski definition) is 6. The third-order valence-electron chi connectivity index (χ3n) is 2.58. The van der Waals surface area contributed by atoms with Crippen LogP contribution < -0.4 is 11.5 Å². The summed E-state index contributed by atoms with van der Waals surface area (Å²) in [6.07, 6.45) is 0. The molecule has 120 valence electrons. The number of carboxylic acid groups (broad SMARTS) is 2. The molecule has 0 saturated carbocycles. The number of hydrogen-bond donors (Lipinski definition) is 4. The van der Waals surface area contributed by atoms with E-state index in [9.17, 15) is 19.2 Å². The van der Waals surface area contributed by atoms with Crippen molar-refractivity contribution >= 4 is 23.8 Å². The van der Waals surface area contributed by atoms with Gasteiger partial charge < -0.3 is 21.7 Å². The minimum atomic E-state index is -1.15. The number of amides is 2. The Labute approximate surface area is 121 Å². The number of primary amides is 2. The molecule has 0 rings (SSSR count). The highest BCUT2D eigenvalue weighted by atomic mass is 16.4. The molecule has 0 fully saturated rings. The topological polar surface area (TPSA) is 167 Å². The van der Waals surface area contributed by atoms with E-state index < -0.39 is 42.9 Å².